The first-order valence-electron chi connectivity index (χ1n) is 11.6. The third-order valence-electron chi connectivity index (χ3n) is 6.91. The molecule has 2 fully saturated rings. The Balaban J connectivity index is 1.42. The fourth-order valence-electron chi connectivity index (χ4n) is 5.24. The lowest BCUT2D eigenvalue weighted by Crippen LogP contribution is -2.58. The highest BCUT2D eigenvalue weighted by Gasteiger charge is 2.43. The summed E-state index contributed by atoms with van der Waals surface area (Å²) in [4.78, 5) is 26.2. The first-order valence-corrected chi connectivity index (χ1v) is 11.6. The maximum Gasteiger partial charge on any atom is 0.409 e. The van der Waals surface area contributed by atoms with Crippen LogP contribution in [0.4, 0.5) is 22.4 Å². The van der Waals surface area contributed by atoms with Gasteiger partial charge in [-0.25, -0.2) is 9.78 Å². The number of aryl methyl sites for hydroxylation is 1. The van der Waals surface area contributed by atoms with Crippen molar-refractivity contribution in [3.63, 3.8) is 0 Å². The van der Waals surface area contributed by atoms with Crippen LogP contribution in [0.25, 0.3) is 5.57 Å². The van der Waals surface area contributed by atoms with Crippen molar-refractivity contribution in [3.05, 3.63) is 29.6 Å². The number of nitrogens with one attached hydrogen (secondary N) is 2. The number of aromatic nitrogens is 4. The van der Waals surface area contributed by atoms with Gasteiger partial charge in [-0.15, -0.1) is 0 Å². The number of aromatic amines is 1. The van der Waals surface area contributed by atoms with Crippen LogP contribution < -0.4 is 10.2 Å². The second kappa shape index (κ2) is 9.01. The van der Waals surface area contributed by atoms with Crippen LogP contribution in [-0.2, 0) is 9.47 Å². The van der Waals surface area contributed by atoms with E-state index in [1.165, 1.54) is 7.11 Å². The molecule has 1 unspecified atom stereocenters. The third-order valence-corrected chi connectivity index (χ3v) is 6.91. The molecule has 2 aromatic heterocycles. The Bertz CT molecular complexity index is 1040. The molecule has 1 amide bonds. The normalized spacial score (nSPS) is 24.4. The van der Waals surface area contributed by atoms with E-state index in [-0.39, 0.29) is 24.2 Å². The van der Waals surface area contributed by atoms with Crippen molar-refractivity contribution < 1.29 is 14.3 Å². The van der Waals surface area contributed by atoms with Gasteiger partial charge in [0, 0.05) is 48.6 Å². The number of piperidine rings is 2. The number of fused-ring (bicyclic) bond motifs is 2. The number of hydrogen-bond donors (Lipinski definition) is 2. The van der Waals surface area contributed by atoms with Gasteiger partial charge in [0.25, 0.3) is 0 Å². The number of anilines is 3. The van der Waals surface area contributed by atoms with Gasteiger partial charge in [-0.3, -0.25) is 5.10 Å². The number of carbonyl (C=O) groups excluding carboxylic acids is 1. The van der Waals surface area contributed by atoms with Gasteiger partial charge in [0.1, 0.15) is 5.82 Å². The number of rotatable bonds is 5. The lowest BCUT2D eigenvalue weighted by atomic mass is 9.81. The van der Waals surface area contributed by atoms with Crippen molar-refractivity contribution in [3.8, 4) is 0 Å². The maximum absolute atomic E-state index is 12.4. The second-order valence-corrected chi connectivity index (χ2v) is 9.10. The lowest BCUT2D eigenvalue weighted by molar-refractivity contribution is 0.0260. The molecule has 0 saturated carbocycles. The van der Waals surface area contributed by atoms with E-state index in [2.05, 4.69) is 33.5 Å². The van der Waals surface area contributed by atoms with Gasteiger partial charge in [-0.1, -0.05) is 6.08 Å². The van der Waals surface area contributed by atoms with Crippen LogP contribution >= 0.6 is 0 Å². The molecule has 0 radical (unpaired) electrons. The molecular formula is C23H31N7O3. The molecule has 176 valence electrons. The van der Waals surface area contributed by atoms with Crippen LogP contribution in [0, 0.1) is 6.92 Å². The standard InChI is InChI=1S/C23H31N7O3/c1-14-9-21(28-27-14)25-20-12-19(15-7-8-33-13-15)24-22(26-20)29(2)18-10-16-5-4-6-17(11-18)30(16)23(31)32-3/h7,9,12,16-18H,4-6,8,10-11,13H2,1-3H3,(H2,24,25,26,27,28)/t16-,17+,18?. The van der Waals surface area contributed by atoms with E-state index in [1.54, 1.807) is 0 Å². The van der Waals surface area contributed by atoms with Gasteiger partial charge in [-0.2, -0.15) is 10.1 Å². The van der Waals surface area contributed by atoms with Crippen molar-refractivity contribution in [1.82, 2.24) is 25.1 Å². The molecule has 10 heteroatoms. The van der Waals surface area contributed by atoms with E-state index in [4.69, 9.17) is 19.4 Å². The van der Waals surface area contributed by atoms with Gasteiger partial charge in [0.2, 0.25) is 5.95 Å². The number of carbonyl (C=O) groups is 1. The molecule has 3 aliphatic rings. The topological polar surface area (TPSA) is 109 Å². The van der Waals surface area contributed by atoms with Crippen LogP contribution in [0.1, 0.15) is 43.5 Å². The fourth-order valence-corrected chi connectivity index (χ4v) is 5.24. The highest BCUT2D eigenvalue weighted by Crippen LogP contribution is 2.37. The van der Waals surface area contributed by atoms with Crippen LogP contribution in [0.5, 0.6) is 0 Å². The third kappa shape index (κ3) is 4.39. The van der Waals surface area contributed by atoms with E-state index >= 15 is 0 Å². The summed E-state index contributed by atoms with van der Waals surface area (Å²) in [6.07, 6.45) is 6.77. The van der Waals surface area contributed by atoms with Gasteiger partial charge in [-0.05, 0) is 39.0 Å². The zero-order valence-corrected chi connectivity index (χ0v) is 19.4. The zero-order valence-electron chi connectivity index (χ0n) is 19.4. The number of H-pyrrole nitrogens is 1. The first-order chi connectivity index (χ1) is 16.0. The van der Waals surface area contributed by atoms with Crippen molar-refractivity contribution in [1.29, 1.82) is 0 Å². The van der Waals surface area contributed by atoms with Gasteiger partial charge in [0.15, 0.2) is 5.82 Å². The number of amides is 1. The smallest absolute Gasteiger partial charge is 0.409 e. The van der Waals surface area contributed by atoms with E-state index in [0.29, 0.717) is 30.8 Å². The van der Waals surface area contributed by atoms with Gasteiger partial charge in [0.05, 0.1) is 26.0 Å². The molecule has 2 bridgehead atoms. The van der Waals surface area contributed by atoms with E-state index in [1.807, 2.05) is 24.0 Å². The molecule has 0 spiro atoms. The van der Waals surface area contributed by atoms with E-state index in [0.717, 1.165) is 49.1 Å². The Hall–Kier alpha value is -3.14. The van der Waals surface area contributed by atoms with Crippen LogP contribution in [0.15, 0.2) is 18.2 Å². The van der Waals surface area contributed by atoms with Gasteiger partial charge >= 0.3 is 6.09 Å². The second-order valence-electron chi connectivity index (χ2n) is 9.10. The Morgan fingerprint density at radius 3 is 2.67 bits per heavy atom. The molecule has 2 aromatic rings. The monoisotopic (exact) mass is 453 g/mol. The van der Waals surface area contributed by atoms with Crippen LogP contribution in [-0.4, -0.2) is 76.7 Å². The van der Waals surface area contributed by atoms with Crippen LogP contribution in [0.3, 0.4) is 0 Å². The SMILES string of the molecule is COC(=O)N1[C@@H]2CCC[C@H]1CC(N(C)c1nc(Nc3cc(C)[nH]n3)cc(C3=CCOC3)n1)C2. The summed E-state index contributed by atoms with van der Waals surface area (Å²) in [6.45, 7) is 3.10. The molecule has 33 heavy (non-hydrogen) atoms. The molecule has 5 heterocycles. The Kier molecular flexibility index (Phi) is 5.92. The molecule has 5 rings (SSSR count). The Morgan fingerprint density at radius 2 is 2.03 bits per heavy atom. The number of hydrogen-bond acceptors (Lipinski definition) is 8. The molecular weight excluding hydrogens is 422 g/mol. The molecule has 2 N–H and O–H groups in total. The predicted octanol–water partition coefficient (Wildman–Crippen LogP) is 3.25. The highest BCUT2D eigenvalue weighted by molar-refractivity contribution is 5.70. The quantitative estimate of drug-likeness (QED) is 0.710. The number of nitrogens with zero attached hydrogens (tertiary/aromatic N) is 5. The number of methoxy groups -OCH3 is 1. The predicted molar refractivity (Wildman–Crippen MR) is 125 cm³/mol. The van der Waals surface area contributed by atoms with Gasteiger partial charge < -0.3 is 24.6 Å². The summed E-state index contributed by atoms with van der Waals surface area (Å²) in [5.41, 5.74) is 2.89. The molecule has 3 aliphatic heterocycles. The Labute approximate surface area is 193 Å². The summed E-state index contributed by atoms with van der Waals surface area (Å²) in [6, 6.07) is 4.50. The first kappa shape index (κ1) is 21.7. The minimum absolute atomic E-state index is 0.191. The largest absolute Gasteiger partial charge is 0.453 e. The van der Waals surface area contributed by atoms with Crippen molar-refractivity contribution in [2.45, 2.75) is 57.2 Å². The average molecular weight is 454 g/mol. The fraction of sp³-hybridized carbons (Fsp3) is 0.565. The maximum atomic E-state index is 12.4. The van der Waals surface area contributed by atoms with Crippen molar-refractivity contribution in [2.75, 3.05) is 37.6 Å². The molecule has 3 atom stereocenters. The average Bonchev–Trinajstić information content (AvgIpc) is 3.49. The minimum atomic E-state index is -0.210. The Morgan fingerprint density at radius 1 is 1.24 bits per heavy atom. The molecule has 10 nitrogen and oxygen atoms in total. The lowest BCUT2D eigenvalue weighted by Gasteiger charge is -2.49. The summed E-state index contributed by atoms with van der Waals surface area (Å²) in [5.74, 6) is 2.06. The molecule has 0 aliphatic carbocycles. The number of ether oxygens (including phenoxy) is 2. The highest BCUT2D eigenvalue weighted by atomic mass is 16.5. The van der Waals surface area contributed by atoms with Crippen molar-refractivity contribution >= 4 is 29.3 Å². The van der Waals surface area contributed by atoms with Crippen molar-refractivity contribution in [2.24, 2.45) is 0 Å². The summed E-state index contributed by atoms with van der Waals surface area (Å²) in [5, 5.41) is 10.5. The van der Waals surface area contributed by atoms with E-state index < -0.39 is 0 Å². The summed E-state index contributed by atoms with van der Waals surface area (Å²) in [7, 11) is 3.52. The zero-order chi connectivity index (χ0) is 22.9. The summed E-state index contributed by atoms with van der Waals surface area (Å²) >= 11 is 0. The van der Waals surface area contributed by atoms with E-state index in [9.17, 15) is 4.79 Å². The summed E-state index contributed by atoms with van der Waals surface area (Å²) < 4.78 is 10.6. The van der Waals surface area contributed by atoms with Crippen LogP contribution in [0.2, 0.25) is 0 Å². The molecule has 0 aromatic carbocycles. The minimum Gasteiger partial charge on any atom is -0.453 e. The molecule has 2 saturated heterocycles.